The van der Waals surface area contributed by atoms with Crippen LogP contribution in [0.15, 0.2) is 39.8 Å². The van der Waals surface area contributed by atoms with Crippen molar-refractivity contribution >= 4 is 44.6 Å². The van der Waals surface area contributed by atoms with Crippen LogP contribution in [0.25, 0.3) is 6.08 Å². The maximum absolute atomic E-state index is 9.42. The Balaban J connectivity index is 1.85. The summed E-state index contributed by atoms with van der Waals surface area (Å²) in [5.74, 6) is 0. The Morgan fingerprint density at radius 2 is 2.00 bits per heavy atom. The van der Waals surface area contributed by atoms with E-state index in [4.69, 9.17) is 0 Å². The van der Waals surface area contributed by atoms with E-state index in [1.807, 2.05) is 36.4 Å². The molecule has 0 amide bonds. The summed E-state index contributed by atoms with van der Waals surface area (Å²) in [5.41, 5.74) is 3.12. The molecule has 1 aromatic carbocycles. The second kappa shape index (κ2) is 7.04. The Kier molecular flexibility index (Phi) is 4.87. The number of hydrogen-bond acceptors (Lipinski definition) is 3. The fourth-order valence-electron chi connectivity index (χ4n) is 2.62. The van der Waals surface area contributed by atoms with Crippen LogP contribution in [0, 0.1) is 11.3 Å². The van der Waals surface area contributed by atoms with Crippen molar-refractivity contribution in [1.82, 2.24) is 0 Å². The van der Waals surface area contributed by atoms with Crippen LogP contribution >= 0.6 is 27.3 Å². The maximum atomic E-state index is 9.42. The highest BCUT2D eigenvalue weighted by Crippen LogP contribution is 2.39. The molecule has 0 N–H and O–H groups in total. The van der Waals surface area contributed by atoms with E-state index in [-0.39, 0.29) is 0 Å². The first kappa shape index (κ1) is 15.2. The van der Waals surface area contributed by atoms with E-state index in [0.717, 1.165) is 33.5 Å². The average molecular weight is 371 g/mol. The number of fused-ring (bicyclic) bond motifs is 1. The molecular weight excluding hydrogens is 356 g/mol. The van der Waals surface area contributed by atoms with E-state index in [1.165, 1.54) is 23.3 Å². The van der Waals surface area contributed by atoms with Gasteiger partial charge in [0.1, 0.15) is 11.1 Å². The standard InChI is InChI=1S/C18H15BrN2S/c19-14(10-13-6-2-1-3-7-13)12-21-18-16(11-20)15-8-4-5-9-17(15)22-18/h1-3,6-7,10,12H,4-5,8-9H2. The summed E-state index contributed by atoms with van der Waals surface area (Å²) in [4.78, 5) is 5.88. The second-order valence-electron chi connectivity index (χ2n) is 5.20. The van der Waals surface area contributed by atoms with Gasteiger partial charge in [-0.25, -0.2) is 4.99 Å². The number of aliphatic imine (C=N–C) groups is 1. The Labute approximate surface area is 143 Å². The van der Waals surface area contributed by atoms with E-state index in [2.05, 4.69) is 27.0 Å². The molecule has 1 aliphatic carbocycles. The molecule has 2 aromatic rings. The molecule has 0 saturated carbocycles. The minimum Gasteiger partial charge on any atom is -0.243 e. The van der Waals surface area contributed by atoms with Gasteiger partial charge in [0.05, 0.1) is 5.56 Å². The molecule has 0 bridgehead atoms. The molecule has 2 nitrogen and oxygen atoms in total. The molecule has 0 unspecified atom stereocenters. The summed E-state index contributed by atoms with van der Waals surface area (Å²) >= 11 is 5.19. The number of thiophene rings is 1. The van der Waals surface area contributed by atoms with E-state index in [9.17, 15) is 5.26 Å². The number of nitriles is 1. The van der Waals surface area contributed by atoms with E-state index in [0.29, 0.717) is 0 Å². The molecule has 110 valence electrons. The summed E-state index contributed by atoms with van der Waals surface area (Å²) in [7, 11) is 0. The Morgan fingerprint density at radius 1 is 1.23 bits per heavy atom. The van der Waals surface area contributed by atoms with Gasteiger partial charge in [-0.15, -0.1) is 11.3 Å². The van der Waals surface area contributed by atoms with E-state index >= 15 is 0 Å². The van der Waals surface area contributed by atoms with Crippen LogP contribution < -0.4 is 0 Å². The number of hydrogen-bond donors (Lipinski definition) is 0. The zero-order valence-electron chi connectivity index (χ0n) is 12.1. The third kappa shape index (κ3) is 3.37. The lowest BCUT2D eigenvalue weighted by Gasteiger charge is -2.09. The molecule has 0 aliphatic heterocycles. The van der Waals surface area contributed by atoms with Crippen molar-refractivity contribution in [3.05, 3.63) is 56.4 Å². The predicted molar refractivity (Wildman–Crippen MR) is 97.2 cm³/mol. The Hall–Kier alpha value is -1.70. The van der Waals surface area contributed by atoms with E-state index in [1.54, 1.807) is 17.6 Å². The Morgan fingerprint density at radius 3 is 2.77 bits per heavy atom. The molecular formula is C18H15BrN2S. The normalized spacial score (nSPS) is 14.8. The van der Waals surface area contributed by atoms with Crippen molar-refractivity contribution in [2.24, 2.45) is 4.99 Å². The van der Waals surface area contributed by atoms with Gasteiger partial charge in [-0.05, 0) is 58.8 Å². The van der Waals surface area contributed by atoms with Gasteiger partial charge in [0.15, 0.2) is 0 Å². The predicted octanol–water partition coefficient (Wildman–Crippen LogP) is 5.64. The average Bonchev–Trinajstić information content (AvgIpc) is 2.91. The van der Waals surface area contributed by atoms with Crippen LogP contribution in [0.1, 0.15) is 34.4 Å². The first-order valence-electron chi connectivity index (χ1n) is 7.29. The number of allylic oxidation sites excluding steroid dienone is 1. The highest BCUT2D eigenvalue weighted by atomic mass is 79.9. The fraction of sp³-hybridized carbons (Fsp3) is 0.222. The van der Waals surface area contributed by atoms with Gasteiger partial charge in [-0.3, -0.25) is 0 Å². The molecule has 1 aromatic heterocycles. The van der Waals surface area contributed by atoms with Crippen molar-refractivity contribution < 1.29 is 0 Å². The van der Waals surface area contributed by atoms with Gasteiger partial charge in [-0.1, -0.05) is 30.3 Å². The van der Waals surface area contributed by atoms with Crippen LogP contribution in [0.2, 0.25) is 0 Å². The number of halogens is 1. The smallest absolute Gasteiger partial charge is 0.134 e. The van der Waals surface area contributed by atoms with Crippen LogP contribution in [0.3, 0.4) is 0 Å². The molecule has 1 aliphatic rings. The van der Waals surface area contributed by atoms with Gasteiger partial charge < -0.3 is 0 Å². The van der Waals surface area contributed by atoms with Crippen LogP contribution in [-0.4, -0.2) is 6.21 Å². The van der Waals surface area contributed by atoms with Crippen LogP contribution in [0.5, 0.6) is 0 Å². The third-order valence-electron chi connectivity index (χ3n) is 3.67. The largest absolute Gasteiger partial charge is 0.243 e. The molecule has 0 radical (unpaired) electrons. The minimum atomic E-state index is 0.774. The molecule has 4 heteroatoms. The van der Waals surface area contributed by atoms with Gasteiger partial charge in [0.25, 0.3) is 0 Å². The summed E-state index contributed by atoms with van der Waals surface area (Å²) in [5, 5.41) is 10.3. The summed E-state index contributed by atoms with van der Waals surface area (Å²) in [6.45, 7) is 0. The summed E-state index contributed by atoms with van der Waals surface area (Å²) in [6, 6.07) is 12.4. The number of aryl methyl sites for hydroxylation is 1. The van der Waals surface area contributed by atoms with Gasteiger partial charge in [-0.2, -0.15) is 5.26 Å². The highest BCUT2D eigenvalue weighted by Gasteiger charge is 2.19. The maximum Gasteiger partial charge on any atom is 0.134 e. The van der Waals surface area contributed by atoms with Crippen molar-refractivity contribution in [2.75, 3.05) is 0 Å². The zero-order valence-corrected chi connectivity index (χ0v) is 14.5. The van der Waals surface area contributed by atoms with Gasteiger partial charge in [0, 0.05) is 15.6 Å². The fourth-order valence-corrected chi connectivity index (χ4v) is 4.17. The molecule has 1 heterocycles. The second-order valence-corrected chi connectivity index (χ2v) is 7.20. The molecule has 22 heavy (non-hydrogen) atoms. The molecule has 0 fully saturated rings. The van der Waals surface area contributed by atoms with E-state index < -0.39 is 0 Å². The topological polar surface area (TPSA) is 36.1 Å². The first-order valence-corrected chi connectivity index (χ1v) is 8.90. The minimum absolute atomic E-state index is 0.774. The molecule has 0 saturated heterocycles. The molecule has 0 atom stereocenters. The van der Waals surface area contributed by atoms with Crippen LogP contribution in [-0.2, 0) is 12.8 Å². The lowest BCUT2D eigenvalue weighted by molar-refractivity contribution is 0.696. The van der Waals surface area contributed by atoms with Crippen molar-refractivity contribution in [3.8, 4) is 6.07 Å². The van der Waals surface area contributed by atoms with Gasteiger partial charge in [0.2, 0.25) is 0 Å². The first-order chi connectivity index (χ1) is 10.8. The summed E-state index contributed by atoms with van der Waals surface area (Å²) < 4.78 is 0.897. The third-order valence-corrected chi connectivity index (χ3v) is 5.31. The molecule has 3 rings (SSSR count). The number of nitrogens with zero attached hydrogens (tertiary/aromatic N) is 2. The summed E-state index contributed by atoms with van der Waals surface area (Å²) in [6.07, 6.45) is 8.31. The number of rotatable bonds is 3. The quantitative estimate of drug-likeness (QED) is 0.644. The lowest BCUT2D eigenvalue weighted by atomic mass is 9.96. The lowest BCUT2D eigenvalue weighted by Crippen LogP contribution is -1.99. The van der Waals surface area contributed by atoms with Crippen molar-refractivity contribution in [3.63, 3.8) is 0 Å². The Bertz CT molecular complexity index is 766. The highest BCUT2D eigenvalue weighted by molar-refractivity contribution is 9.12. The molecule has 0 spiro atoms. The monoisotopic (exact) mass is 370 g/mol. The van der Waals surface area contributed by atoms with Crippen molar-refractivity contribution in [1.29, 1.82) is 5.26 Å². The zero-order chi connectivity index (χ0) is 15.4. The SMILES string of the molecule is N#Cc1c(N=CC(Br)=Cc2ccccc2)sc2c1CCCC2. The van der Waals surface area contributed by atoms with Crippen molar-refractivity contribution in [2.45, 2.75) is 25.7 Å². The van der Waals surface area contributed by atoms with Crippen LogP contribution in [0.4, 0.5) is 5.00 Å². The number of benzene rings is 1. The van der Waals surface area contributed by atoms with Gasteiger partial charge >= 0.3 is 0 Å².